The smallest absolute Gasteiger partial charge is 0.0468 e. The van der Waals surface area contributed by atoms with Crippen molar-refractivity contribution in [3.05, 3.63) is 66.0 Å². The van der Waals surface area contributed by atoms with Crippen LogP contribution in [-0.4, -0.2) is 23.2 Å². The summed E-state index contributed by atoms with van der Waals surface area (Å²) >= 11 is 0. The Morgan fingerprint density at radius 2 is 2.05 bits per heavy atom. The SMILES string of the molecule is OCC1CC1(CNCc1ccccc1)c1cccnc1. The van der Waals surface area contributed by atoms with Crippen molar-refractivity contribution in [2.45, 2.75) is 18.4 Å². The van der Waals surface area contributed by atoms with Gasteiger partial charge < -0.3 is 10.4 Å². The third kappa shape index (κ3) is 2.60. The Hall–Kier alpha value is -1.71. The maximum atomic E-state index is 9.47. The van der Waals surface area contributed by atoms with Crippen LogP contribution in [0.1, 0.15) is 17.5 Å². The lowest BCUT2D eigenvalue weighted by molar-refractivity contribution is 0.262. The molecule has 2 unspecified atom stereocenters. The van der Waals surface area contributed by atoms with Crippen molar-refractivity contribution in [1.82, 2.24) is 10.3 Å². The quantitative estimate of drug-likeness (QED) is 0.843. The predicted octanol–water partition coefficient (Wildman–Crippen LogP) is 2.12. The van der Waals surface area contributed by atoms with Crippen molar-refractivity contribution >= 4 is 0 Å². The Kier molecular flexibility index (Phi) is 3.81. The number of hydrogen-bond donors (Lipinski definition) is 2. The van der Waals surface area contributed by atoms with E-state index in [2.05, 4.69) is 40.6 Å². The molecule has 2 aromatic rings. The lowest BCUT2D eigenvalue weighted by atomic mass is 9.94. The van der Waals surface area contributed by atoms with Crippen LogP contribution in [0.4, 0.5) is 0 Å². The molecule has 104 valence electrons. The van der Waals surface area contributed by atoms with Gasteiger partial charge in [-0.15, -0.1) is 0 Å². The minimum absolute atomic E-state index is 0.0673. The van der Waals surface area contributed by atoms with Gasteiger partial charge in [0.2, 0.25) is 0 Å². The molecule has 1 aliphatic carbocycles. The molecule has 3 rings (SSSR count). The zero-order chi connectivity index (χ0) is 13.8. The Bertz CT molecular complexity index is 543. The zero-order valence-corrected chi connectivity index (χ0v) is 11.5. The number of rotatable bonds is 6. The summed E-state index contributed by atoms with van der Waals surface area (Å²) in [6, 6.07) is 14.5. The van der Waals surface area contributed by atoms with Crippen molar-refractivity contribution < 1.29 is 5.11 Å². The molecular formula is C17H20N2O. The molecule has 1 aromatic heterocycles. The minimum atomic E-state index is 0.0673. The number of hydrogen-bond acceptors (Lipinski definition) is 3. The van der Waals surface area contributed by atoms with Crippen LogP contribution >= 0.6 is 0 Å². The number of nitrogens with zero attached hydrogens (tertiary/aromatic N) is 1. The van der Waals surface area contributed by atoms with E-state index in [1.165, 1.54) is 11.1 Å². The van der Waals surface area contributed by atoms with Gasteiger partial charge >= 0.3 is 0 Å². The van der Waals surface area contributed by atoms with E-state index in [1.807, 2.05) is 18.3 Å². The molecule has 3 heteroatoms. The van der Waals surface area contributed by atoms with Gasteiger partial charge in [-0.25, -0.2) is 0 Å². The normalized spacial score (nSPS) is 24.6. The average molecular weight is 268 g/mol. The highest BCUT2D eigenvalue weighted by Gasteiger charge is 2.54. The van der Waals surface area contributed by atoms with Crippen LogP contribution in [0.25, 0.3) is 0 Å². The first-order valence-electron chi connectivity index (χ1n) is 7.11. The molecule has 1 aromatic carbocycles. The first-order chi connectivity index (χ1) is 9.85. The molecule has 0 radical (unpaired) electrons. The van der Waals surface area contributed by atoms with Crippen LogP contribution in [0.5, 0.6) is 0 Å². The summed E-state index contributed by atoms with van der Waals surface area (Å²) in [4.78, 5) is 4.22. The summed E-state index contributed by atoms with van der Waals surface area (Å²) in [5, 5.41) is 13.0. The Labute approximate surface area is 119 Å². The van der Waals surface area contributed by atoms with Gasteiger partial charge in [0, 0.05) is 37.5 Å². The molecule has 1 fully saturated rings. The van der Waals surface area contributed by atoms with Crippen molar-refractivity contribution in [2.75, 3.05) is 13.2 Å². The van der Waals surface area contributed by atoms with Crippen molar-refractivity contribution in [3.8, 4) is 0 Å². The molecule has 0 bridgehead atoms. The van der Waals surface area contributed by atoms with Crippen LogP contribution in [0.15, 0.2) is 54.9 Å². The third-order valence-corrected chi connectivity index (χ3v) is 4.30. The summed E-state index contributed by atoms with van der Waals surface area (Å²) in [6.45, 7) is 2.00. The van der Waals surface area contributed by atoms with E-state index < -0.39 is 0 Å². The molecule has 1 saturated carbocycles. The molecule has 20 heavy (non-hydrogen) atoms. The molecule has 2 N–H and O–H groups in total. The second-order valence-electron chi connectivity index (χ2n) is 5.57. The minimum Gasteiger partial charge on any atom is -0.396 e. The van der Waals surface area contributed by atoms with E-state index in [9.17, 15) is 5.11 Å². The Morgan fingerprint density at radius 3 is 2.70 bits per heavy atom. The van der Waals surface area contributed by atoms with E-state index in [4.69, 9.17) is 0 Å². The first-order valence-corrected chi connectivity index (χ1v) is 7.11. The van der Waals surface area contributed by atoms with E-state index >= 15 is 0 Å². The zero-order valence-electron chi connectivity index (χ0n) is 11.5. The Balaban J connectivity index is 1.65. The lowest BCUT2D eigenvalue weighted by Crippen LogP contribution is -2.29. The third-order valence-electron chi connectivity index (χ3n) is 4.30. The van der Waals surface area contributed by atoms with Crippen molar-refractivity contribution in [3.63, 3.8) is 0 Å². The number of benzene rings is 1. The average Bonchev–Trinajstić information content (AvgIpc) is 3.24. The van der Waals surface area contributed by atoms with Crippen LogP contribution < -0.4 is 5.32 Å². The van der Waals surface area contributed by atoms with Crippen molar-refractivity contribution in [1.29, 1.82) is 0 Å². The molecule has 1 heterocycles. The Morgan fingerprint density at radius 1 is 1.20 bits per heavy atom. The number of aliphatic hydroxyl groups is 1. The maximum Gasteiger partial charge on any atom is 0.0468 e. The van der Waals surface area contributed by atoms with Gasteiger partial charge in [0.15, 0.2) is 0 Å². The van der Waals surface area contributed by atoms with Crippen LogP contribution in [0.3, 0.4) is 0 Å². The first kappa shape index (κ1) is 13.3. The van der Waals surface area contributed by atoms with Gasteiger partial charge in [0.1, 0.15) is 0 Å². The molecule has 0 saturated heterocycles. The van der Waals surface area contributed by atoms with Crippen molar-refractivity contribution in [2.24, 2.45) is 5.92 Å². The van der Waals surface area contributed by atoms with Gasteiger partial charge in [-0.3, -0.25) is 4.98 Å². The van der Waals surface area contributed by atoms with Gasteiger partial charge in [0.25, 0.3) is 0 Å². The second-order valence-corrected chi connectivity index (χ2v) is 5.57. The van der Waals surface area contributed by atoms with Crippen LogP contribution in [0, 0.1) is 5.92 Å². The van der Waals surface area contributed by atoms with Gasteiger partial charge in [-0.2, -0.15) is 0 Å². The van der Waals surface area contributed by atoms with E-state index in [0.29, 0.717) is 5.92 Å². The summed E-state index contributed by atoms with van der Waals surface area (Å²) in [7, 11) is 0. The molecule has 0 spiro atoms. The van der Waals surface area contributed by atoms with E-state index in [0.717, 1.165) is 19.5 Å². The number of aliphatic hydroxyl groups excluding tert-OH is 1. The van der Waals surface area contributed by atoms with Gasteiger partial charge in [-0.1, -0.05) is 36.4 Å². The summed E-state index contributed by atoms with van der Waals surface area (Å²) < 4.78 is 0. The topological polar surface area (TPSA) is 45.1 Å². The molecule has 3 nitrogen and oxygen atoms in total. The fourth-order valence-electron chi connectivity index (χ4n) is 2.98. The van der Waals surface area contributed by atoms with Crippen LogP contribution in [0.2, 0.25) is 0 Å². The van der Waals surface area contributed by atoms with Gasteiger partial charge in [0.05, 0.1) is 0 Å². The fourth-order valence-corrected chi connectivity index (χ4v) is 2.98. The standard InChI is InChI=1S/C17H20N2O/c20-12-16-9-17(16,15-7-4-8-18-11-15)13-19-10-14-5-2-1-3-6-14/h1-8,11,16,19-20H,9-10,12-13H2. The fraction of sp³-hybridized carbons (Fsp3) is 0.353. The molecule has 1 aliphatic rings. The number of pyridine rings is 1. The van der Waals surface area contributed by atoms with Gasteiger partial charge in [-0.05, 0) is 29.5 Å². The van der Waals surface area contributed by atoms with E-state index in [1.54, 1.807) is 6.20 Å². The summed E-state index contributed by atoms with van der Waals surface area (Å²) in [6.07, 6.45) is 4.77. The largest absolute Gasteiger partial charge is 0.396 e. The predicted molar refractivity (Wildman–Crippen MR) is 79.3 cm³/mol. The van der Waals surface area contributed by atoms with E-state index in [-0.39, 0.29) is 12.0 Å². The number of aromatic nitrogens is 1. The summed E-state index contributed by atoms with van der Waals surface area (Å²) in [5.74, 6) is 0.356. The number of nitrogens with one attached hydrogen (secondary N) is 1. The maximum absolute atomic E-state index is 9.47. The highest BCUT2D eigenvalue weighted by Crippen LogP contribution is 2.53. The highest BCUT2D eigenvalue weighted by atomic mass is 16.3. The highest BCUT2D eigenvalue weighted by molar-refractivity contribution is 5.32. The molecule has 0 amide bonds. The molecular weight excluding hydrogens is 248 g/mol. The van der Waals surface area contributed by atoms with Crippen LogP contribution in [-0.2, 0) is 12.0 Å². The monoisotopic (exact) mass is 268 g/mol. The second kappa shape index (κ2) is 5.73. The lowest BCUT2D eigenvalue weighted by Gasteiger charge is -2.18. The summed E-state index contributed by atoms with van der Waals surface area (Å²) in [5.41, 5.74) is 2.59. The molecule has 2 atom stereocenters. The molecule has 0 aliphatic heterocycles.